The summed E-state index contributed by atoms with van der Waals surface area (Å²) in [5.74, 6) is 3.45. The zero-order chi connectivity index (χ0) is 57.6. The van der Waals surface area contributed by atoms with Crippen molar-refractivity contribution in [3.63, 3.8) is 0 Å². The number of carbonyl (C=O) groups excluding carboxylic acids is 1. The first-order valence-electron chi connectivity index (χ1n) is 26.3. The van der Waals surface area contributed by atoms with Crippen LogP contribution in [0.15, 0.2) is 194 Å². The van der Waals surface area contributed by atoms with Gasteiger partial charge < -0.3 is 33.1 Å². The number of H-pyrrole nitrogens is 1. The molecule has 0 unspecified atom stereocenters. The predicted molar refractivity (Wildman–Crippen MR) is 328 cm³/mol. The van der Waals surface area contributed by atoms with Gasteiger partial charge in [0.05, 0.1) is 60.4 Å². The molecule has 412 valence electrons. The van der Waals surface area contributed by atoms with Gasteiger partial charge in [0.2, 0.25) is 0 Å². The summed E-state index contributed by atoms with van der Waals surface area (Å²) in [6.45, 7) is 7.97. The molecule has 1 N–H and O–H groups in total. The first-order chi connectivity index (χ1) is 39.4. The Morgan fingerprint density at radius 3 is 1.48 bits per heavy atom. The molecule has 3 heterocycles. The Balaban J connectivity index is 0.000000135. The Kier molecular flexibility index (Phi) is 19.0. The van der Waals surface area contributed by atoms with Gasteiger partial charge in [0, 0.05) is 85.2 Å². The van der Waals surface area contributed by atoms with Gasteiger partial charge in [-0.2, -0.15) is 0 Å². The maximum absolute atomic E-state index is 11.7. The number of Topliss-reactive ketones (excluding diaryl/α,β-unsaturated/α-hetero) is 1. The van der Waals surface area contributed by atoms with Crippen LogP contribution in [0.5, 0.6) is 23.0 Å². The molecule has 15 heteroatoms. The second-order valence-electron chi connectivity index (χ2n) is 18.6. The molecule has 0 aliphatic rings. The minimum absolute atomic E-state index is 0.0517. The van der Waals surface area contributed by atoms with Crippen LogP contribution in [-0.4, -0.2) is 58.2 Å². The number of nitrogens with one attached hydrogen (secondary N) is 1. The molecule has 0 bridgehead atoms. The van der Waals surface area contributed by atoms with Crippen LogP contribution in [0, 0.1) is 20.2 Å². The Bertz CT molecular complexity index is 4180. The fraction of sp³-hybridized carbons (Fsp3) is 0.167. The third-order valence-electron chi connectivity index (χ3n) is 13.6. The number of ether oxygens (including phenoxy) is 4. The highest BCUT2D eigenvalue weighted by molar-refractivity contribution is 6.32. The molecule has 0 radical (unpaired) electrons. The van der Waals surface area contributed by atoms with Crippen LogP contribution in [0.2, 0.25) is 5.02 Å². The lowest BCUT2D eigenvalue weighted by atomic mass is 10.0. The van der Waals surface area contributed by atoms with E-state index < -0.39 is 4.92 Å². The second kappa shape index (κ2) is 26.8. The number of methoxy groups -OCH3 is 4. The monoisotopic (exact) mass is 1100 g/mol. The van der Waals surface area contributed by atoms with Gasteiger partial charge in [-0.3, -0.25) is 25.0 Å². The normalized spacial score (nSPS) is 10.7. The van der Waals surface area contributed by atoms with Crippen molar-refractivity contribution in [3.05, 3.63) is 225 Å². The molecule has 0 spiro atoms. The van der Waals surface area contributed by atoms with Crippen LogP contribution in [0.3, 0.4) is 0 Å². The molecule has 9 aromatic carbocycles. The molecule has 0 aliphatic carbocycles. The highest BCUT2D eigenvalue weighted by atomic mass is 35.5. The smallest absolute Gasteiger partial charge is 0.287 e. The maximum Gasteiger partial charge on any atom is 0.287 e. The highest BCUT2D eigenvalue weighted by Gasteiger charge is 2.18. The molecule has 14 nitrogen and oxygen atoms in total. The molecule has 12 aromatic rings. The van der Waals surface area contributed by atoms with E-state index in [0.717, 1.165) is 92.5 Å². The van der Waals surface area contributed by atoms with Crippen molar-refractivity contribution < 1.29 is 33.6 Å². The van der Waals surface area contributed by atoms with E-state index >= 15 is 0 Å². The molecule has 0 amide bonds. The minimum Gasteiger partial charge on any atom is -0.496 e. The lowest BCUT2D eigenvalue weighted by Gasteiger charge is -2.08. The number of rotatable bonds is 12. The van der Waals surface area contributed by atoms with Crippen molar-refractivity contribution in [1.82, 2.24) is 14.1 Å². The number of benzene rings is 9. The van der Waals surface area contributed by atoms with E-state index in [9.17, 15) is 25.0 Å². The average Bonchev–Trinajstić information content (AvgIpc) is 3.88. The molecule has 0 saturated heterocycles. The van der Waals surface area contributed by atoms with Gasteiger partial charge in [-0.15, -0.1) is 0 Å². The summed E-state index contributed by atoms with van der Waals surface area (Å²) in [4.78, 5) is 35.3. The topological polar surface area (TPSA) is 166 Å². The first kappa shape index (κ1) is 57.5. The van der Waals surface area contributed by atoms with Crippen LogP contribution in [0.1, 0.15) is 44.0 Å². The molecule has 81 heavy (non-hydrogen) atoms. The van der Waals surface area contributed by atoms with E-state index in [1.807, 2.05) is 72.8 Å². The Hall–Kier alpha value is -9.66. The number of halogens is 1. The van der Waals surface area contributed by atoms with Crippen molar-refractivity contribution in [1.29, 1.82) is 0 Å². The minimum atomic E-state index is -0.512. The number of aromatic amines is 1. The van der Waals surface area contributed by atoms with Crippen molar-refractivity contribution in [3.8, 4) is 34.1 Å². The quantitative estimate of drug-likeness (QED) is 0.0712. The van der Waals surface area contributed by atoms with E-state index in [1.54, 1.807) is 77.8 Å². The molecular weight excluding hydrogens is 1040 g/mol. The van der Waals surface area contributed by atoms with Crippen molar-refractivity contribution in [2.45, 2.75) is 46.7 Å². The summed E-state index contributed by atoms with van der Waals surface area (Å²) >= 11 is 5.48. The lowest BCUT2D eigenvalue weighted by molar-refractivity contribution is -0.384. The van der Waals surface area contributed by atoms with E-state index in [2.05, 4.69) is 88.6 Å². The fourth-order valence-corrected chi connectivity index (χ4v) is 10.2. The maximum atomic E-state index is 11.7. The van der Waals surface area contributed by atoms with Crippen molar-refractivity contribution >= 4 is 94.2 Å². The first-order valence-corrected chi connectivity index (χ1v) is 26.7. The van der Waals surface area contributed by atoms with Crippen LogP contribution < -0.4 is 18.9 Å². The van der Waals surface area contributed by atoms with Crippen LogP contribution in [0.25, 0.3) is 76.5 Å². The Labute approximate surface area is 473 Å². The molecular formula is C66H62ClN5O9. The highest BCUT2D eigenvalue weighted by Crippen LogP contribution is 2.39. The van der Waals surface area contributed by atoms with Gasteiger partial charge in [0.25, 0.3) is 11.4 Å². The molecule has 12 rings (SSSR count). The number of nitro benzene ring substituents is 2. The van der Waals surface area contributed by atoms with Crippen LogP contribution >= 0.6 is 11.6 Å². The van der Waals surface area contributed by atoms with Crippen molar-refractivity contribution in [2.24, 2.45) is 0 Å². The van der Waals surface area contributed by atoms with E-state index in [4.69, 9.17) is 30.5 Å². The third-order valence-corrected chi connectivity index (χ3v) is 13.9. The summed E-state index contributed by atoms with van der Waals surface area (Å²) in [6.07, 6.45) is 2.19. The van der Waals surface area contributed by atoms with Gasteiger partial charge in [-0.1, -0.05) is 123 Å². The molecule has 0 fully saturated rings. The van der Waals surface area contributed by atoms with Crippen molar-refractivity contribution in [2.75, 3.05) is 28.4 Å². The number of nitrogens with zero attached hydrogens (tertiary/aromatic N) is 4. The number of nitro groups is 2. The molecule has 3 aromatic heterocycles. The van der Waals surface area contributed by atoms with Crippen LogP contribution in [-0.2, 0) is 13.1 Å². The Morgan fingerprint density at radius 1 is 0.469 bits per heavy atom. The van der Waals surface area contributed by atoms with Gasteiger partial charge in [0.1, 0.15) is 28.0 Å². The predicted octanol–water partition coefficient (Wildman–Crippen LogP) is 17.5. The van der Waals surface area contributed by atoms with Gasteiger partial charge >= 0.3 is 0 Å². The number of fused-ring (bicyclic) bond motifs is 9. The van der Waals surface area contributed by atoms with Gasteiger partial charge in [-0.25, -0.2) is 0 Å². The number of para-hydroxylation sites is 5. The van der Waals surface area contributed by atoms with Gasteiger partial charge in [0.15, 0.2) is 5.78 Å². The standard InChI is InChI=1S/C18H19NO2.C16H17NO.C13H11NO3.C13H11NO.C6H4ClNO2/c1-4-10-19-15-9-8-13(12(2)20)11-14(15)18-16(19)6-5-7-17(18)21-3;1-3-11-17-13-8-5-4-7-12(13)16-14(17)9-6-10-15(16)18-2;1-17-13-9-5-3-7-11(13)10-6-2-4-8-12(10)14(15)16;1-15-12-8-4-7-11-13(12)9-5-2-3-6-10(9)14-11;7-5-3-1-2-4-6(5)8(9)10/h5-9,11H,4,10H2,1-3H3;4-10H,3,11H2,1-2H3;2-9H,1H3;2-8,14H,1H3;1-4H. The molecule has 0 atom stereocenters. The zero-order valence-corrected chi connectivity index (χ0v) is 46.9. The number of aromatic nitrogens is 3. The largest absolute Gasteiger partial charge is 0.496 e. The SMILES string of the molecule is CCCn1c2ccc(C(C)=O)cc2c2c(OC)cccc21.CCCn1c2ccccc2c2c(OC)cccc21.COc1cccc2[nH]c3ccccc3c12.COc1ccccc1-c1ccccc1[N+](=O)[O-].O=[N+]([O-])c1ccccc1Cl. The number of aryl methyl sites for hydroxylation is 2. The third kappa shape index (κ3) is 12.5. The summed E-state index contributed by atoms with van der Waals surface area (Å²) < 4.78 is 26.3. The van der Waals surface area contributed by atoms with Gasteiger partial charge in [-0.05, 0) is 105 Å². The second-order valence-corrected chi connectivity index (χ2v) is 19.0. The Morgan fingerprint density at radius 2 is 0.914 bits per heavy atom. The molecule has 0 aliphatic heterocycles. The number of carbonyl (C=O) groups is 1. The average molecular weight is 1100 g/mol. The summed E-state index contributed by atoms with van der Waals surface area (Å²) in [6, 6.07) is 61.1. The number of hydrogen-bond donors (Lipinski definition) is 1. The van der Waals surface area contributed by atoms with E-state index in [1.165, 1.54) is 45.4 Å². The fourth-order valence-electron chi connectivity index (χ4n) is 10.0. The van der Waals surface area contributed by atoms with E-state index in [-0.39, 0.29) is 27.1 Å². The van der Waals surface area contributed by atoms with Crippen LogP contribution in [0.4, 0.5) is 11.4 Å². The summed E-state index contributed by atoms with van der Waals surface area (Å²) in [5.41, 5.74) is 9.19. The summed E-state index contributed by atoms with van der Waals surface area (Å²) in [5, 5.41) is 28.3. The lowest BCUT2D eigenvalue weighted by Crippen LogP contribution is -1.96. The summed E-state index contributed by atoms with van der Waals surface area (Å²) in [7, 11) is 6.68. The van der Waals surface area contributed by atoms with E-state index in [0.29, 0.717) is 11.3 Å². The number of ketones is 1. The molecule has 0 saturated carbocycles. The number of hydrogen-bond acceptors (Lipinski definition) is 9. The zero-order valence-electron chi connectivity index (χ0n) is 46.1.